The molecule has 0 bridgehead atoms. The molecule has 0 aromatic heterocycles. The van der Waals surface area contributed by atoms with Gasteiger partial charge in [0.05, 0.1) is 5.69 Å². The Labute approximate surface area is 225 Å². The number of aliphatic imine (C=N–C) groups is 1. The highest BCUT2D eigenvalue weighted by Crippen LogP contribution is 2.31. The van der Waals surface area contributed by atoms with Gasteiger partial charge in [0.1, 0.15) is 5.75 Å². The quantitative estimate of drug-likeness (QED) is 0.154. The number of rotatable bonds is 7. The SMILES string of the molecule is CCc1ccc(C)cc1N=C(Sc1ccc(C)cc1C)N(Cc1ccc(C)cc1)Cc1ccc(O)cc1. The molecule has 190 valence electrons. The van der Waals surface area contributed by atoms with Crippen LogP contribution < -0.4 is 0 Å². The van der Waals surface area contributed by atoms with Gasteiger partial charge in [-0.3, -0.25) is 0 Å². The van der Waals surface area contributed by atoms with Crippen molar-refractivity contribution in [3.05, 3.63) is 124 Å². The second-order valence-electron chi connectivity index (χ2n) is 9.76. The Bertz CT molecular complexity index is 1330. The van der Waals surface area contributed by atoms with Crippen LogP contribution in [0.4, 0.5) is 5.69 Å². The zero-order valence-electron chi connectivity index (χ0n) is 22.5. The van der Waals surface area contributed by atoms with Crippen LogP contribution in [0, 0.1) is 27.7 Å². The van der Waals surface area contributed by atoms with Crippen molar-refractivity contribution in [3.8, 4) is 5.75 Å². The Hall–Kier alpha value is -3.50. The summed E-state index contributed by atoms with van der Waals surface area (Å²) in [6.07, 6.45) is 0.927. The van der Waals surface area contributed by atoms with Crippen LogP contribution in [0.5, 0.6) is 5.75 Å². The van der Waals surface area contributed by atoms with Crippen molar-refractivity contribution >= 4 is 22.6 Å². The minimum absolute atomic E-state index is 0.278. The molecule has 0 aliphatic rings. The second-order valence-corrected chi connectivity index (χ2v) is 10.8. The number of phenols is 1. The van der Waals surface area contributed by atoms with E-state index in [1.807, 2.05) is 12.1 Å². The summed E-state index contributed by atoms with van der Waals surface area (Å²) in [6, 6.07) is 29.3. The van der Waals surface area contributed by atoms with E-state index in [-0.39, 0.29) is 5.75 Å². The molecule has 0 aliphatic carbocycles. The standard InChI is InChI=1S/C33H36N2OS/c1-6-29-15-9-25(4)20-31(29)34-33(37-32-18-10-24(3)19-26(32)5)35(21-27-11-7-23(2)8-12-27)22-28-13-16-30(36)17-14-28/h7-20,36H,6,21-22H2,1-5H3. The molecule has 0 saturated heterocycles. The van der Waals surface area contributed by atoms with Crippen molar-refractivity contribution in [1.29, 1.82) is 0 Å². The van der Waals surface area contributed by atoms with Gasteiger partial charge in [-0.2, -0.15) is 0 Å². The summed E-state index contributed by atoms with van der Waals surface area (Å²) in [5.74, 6) is 0.278. The van der Waals surface area contributed by atoms with Crippen LogP contribution in [0.2, 0.25) is 0 Å². The highest BCUT2D eigenvalue weighted by atomic mass is 32.2. The predicted octanol–water partition coefficient (Wildman–Crippen LogP) is 8.67. The summed E-state index contributed by atoms with van der Waals surface area (Å²) in [5.41, 5.74) is 9.58. The van der Waals surface area contributed by atoms with Gasteiger partial charge in [-0.25, -0.2) is 4.99 Å². The molecular weight excluding hydrogens is 472 g/mol. The molecule has 0 heterocycles. The molecule has 4 aromatic rings. The smallest absolute Gasteiger partial charge is 0.169 e. The first-order valence-electron chi connectivity index (χ1n) is 12.8. The highest BCUT2D eigenvalue weighted by Gasteiger charge is 2.17. The van der Waals surface area contributed by atoms with Gasteiger partial charge in [0.25, 0.3) is 0 Å². The van der Waals surface area contributed by atoms with E-state index in [0.29, 0.717) is 6.54 Å². The van der Waals surface area contributed by atoms with Gasteiger partial charge >= 0.3 is 0 Å². The molecule has 0 amide bonds. The Kier molecular flexibility index (Phi) is 8.73. The first-order valence-corrected chi connectivity index (χ1v) is 13.6. The van der Waals surface area contributed by atoms with Crippen LogP contribution in [0.3, 0.4) is 0 Å². The third-order valence-corrected chi connectivity index (χ3v) is 7.65. The number of hydrogen-bond donors (Lipinski definition) is 1. The summed E-state index contributed by atoms with van der Waals surface area (Å²) in [7, 11) is 0. The topological polar surface area (TPSA) is 35.8 Å². The van der Waals surface area contributed by atoms with Crippen LogP contribution in [0.25, 0.3) is 0 Å². The lowest BCUT2D eigenvalue weighted by Gasteiger charge is -2.27. The number of phenolic OH excluding ortho intramolecular Hbond substituents is 1. The van der Waals surface area contributed by atoms with Crippen molar-refractivity contribution in [3.63, 3.8) is 0 Å². The summed E-state index contributed by atoms with van der Waals surface area (Å²) < 4.78 is 0. The Morgan fingerprint density at radius 2 is 1.30 bits per heavy atom. The van der Waals surface area contributed by atoms with Crippen LogP contribution in [-0.2, 0) is 19.5 Å². The molecule has 0 spiro atoms. The van der Waals surface area contributed by atoms with Crippen molar-refractivity contribution in [2.75, 3.05) is 0 Å². The normalized spacial score (nSPS) is 11.5. The van der Waals surface area contributed by atoms with Crippen LogP contribution >= 0.6 is 11.8 Å². The zero-order chi connectivity index (χ0) is 26.4. The fourth-order valence-electron chi connectivity index (χ4n) is 4.28. The lowest BCUT2D eigenvalue weighted by atomic mass is 10.1. The lowest BCUT2D eigenvalue weighted by molar-refractivity contribution is 0.414. The lowest BCUT2D eigenvalue weighted by Crippen LogP contribution is -2.28. The van der Waals surface area contributed by atoms with Crippen LogP contribution in [-0.4, -0.2) is 15.2 Å². The highest BCUT2D eigenvalue weighted by molar-refractivity contribution is 8.13. The maximum Gasteiger partial charge on any atom is 0.169 e. The molecule has 0 saturated carbocycles. The van der Waals surface area contributed by atoms with E-state index in [1.54, 1.807) is 23.9 Å². The first kappa shape index (κ1) is 26.6. The average molecular weight is 509 g/mol. The monoisotopic (exact) mass is 508 g/mol. The minimum atomic E-state index is 0.278. The number of benzene rings is 4. The Morgan fingerprint density at radius 1 is 0.730 bits per heavy atom. The molecule has 4 aromatic carbocycles. The number of nitrogens with zero attached hydrogens (tertiary/aromatic N) is 2. The molecule has 4 rings (SSSR count). The van der Waals surface area contributed by atoms with Crippen LogP contribution in [0.15, 0.2) is 94.8 Å². The molecule has 0 fully saturated rings. The Balaban J connectivity index is 1.82. The maximum absolute atomic E-state index is 9.85. The molecule has 0 atom stereocenters. The van der Waals surface area contributed by atoms with Gasteiger partial charge in [0, 0.05) is 18.0 Å². The van der Waals surface area contributed by atoms with E-state index < -0.39 is 0 Å². The minimum Gasteiger partial charge on any atom is -0.508 e. The van der Waals surface area contributed by atoms with Gasteiger partial charge in [-0.05, 0) is 86.2 Å². The Morgan fingerprint density at radius 3 is 1.92 bits per heavy atom. The van der Waals surface area contributed by atoms with Gasteiger partial charge in [-0.15, -0.1) is 0 Å². The molecule has 0 radical (unpaired) electrons. The van der Waals surface area contributed by atoms with E-state index in [2.05, 4.69) is 100 Å². The number of amidine groups is 1. The fraction of sp³-hybridized carbons (Fsp3) is 0.242. The van der Waals surface area contributed by atoms with Gasteiger partial charge in [0.15, 0.2) is 5.17 Å². The van der Waals surface area contributed by atoms with Crippen molar-refractivity contribution in [2.24, 2.45) is 4.99 Å². The largest absolute Gasteiger partial charge is 0.508 e. The molecular formula is C33H36N2OS. The van der Waals surface area contributed by atoms with Crippen molar-refractivity contribution in [2.45, 2.75) is 59.0 Å². The third kappa shape index (κ3) is 7.27. The molecule has 0 unspecified atom stereocenters. The van der Waals surface area contributed by atoms with Gasteiger partial charge < -0.3 is 10.0 Å². The first-order chi connectivity index (χ1) is 17.8. The van der Waals surface area contributed by atoms with Crippen LogP contribution in [0.1, 0.15) is 45.9 Å². The zero-order valence-corrected chi connectivity index (χ0v) is 23.3. The van der Waals surface area contributed by atoms with Crippen molar-refractivity contribution in [1.82, 2.24) is 4.90 Å². The predicted molar refractivity (Wildman–Crippen MR) is 158 cm³/mol. The van der Waals surface area contributed by atoms with E-state index in [4.69, 9.17) is 4.99 Å². The number of aryl methyl sites for hydroxylation is 5. The molecule has 0 aliphatic heterocycles. The van der Waals surface area contributed by atoms with E-state index in [0.717, 1.165) is 29.4 Å². The molecule has 37 heavy (non-hydrogen) atoms. The van der Waals surface area contributed by atoms with E-state index in [9.17, 15) is 5.11 Å². The molecule has 3 nitrogen and oxygen atoms in total. The number of aromatic hydroxyl groups is 1. The number of thioether (sulfide) groups is 1. The van der Waals surface area contributed by atoms with Crippen molar-refractivity contribution < 1.29 is 5.11 Å². The van der Waals surface area contributed by atoms with E-state index >= 15 is 0 Å². The average Bonchev–Trinajstić information content (AvgIpc) is 2.87. The fourth-order valence-corrected chi connectivity index (χ4v) is 5.23. The number of hydrogen-bond acceptors (Lipinski definition) is 3. The second kappa shape index (κ2) is 12.2. The summed E-state index contributed by atoms with van der Waals surface area (Å²) in [6.45, 7) is 12.1. The maximum atomic E-state index is 9.85. The van der Waals surface area contributed by atoms with Gasteiger partial charge in [-0.1, -0.05) is 90.5 Å². The summed E-state index contributed by atoms with van der Waals surface area (Å²) >= 11 is 1.72. The summed E-state index contributed by atoms with van der Waals surface area (Å²) in [4.78, 5) is 8.89. The third-order valence-electron chi connectivity index (χ3n) is 6.44. The van der Waals surface area contributed by atoms with Gasteiger partial charge in [0.2, 0.25) is 0 Å². The van der Waals surface area contributed by atoms with E-state index in [1.165, 1.54) is 38.3 Å². The molecule has 1 N–H and O–H groups in total. The molecule has 4 heteroatoms. The summed E-state index contributed by atoms with van der Waals surface area (Å²) in [5, 5.41) is 10.8.